The van der Waals surface area contributed by atoms with E-state index in [1.165, 1.54) is 15.8 Å². The molecule has 5 nitrogen and oxygen atoms in total. The molecule has 1 N–H and O–H groups in total. The molecule has 1 amide bonds. The minimum atomic E-state index is -0.267. The molecule has 20 heavy (non-hydrogen) atoms. The molecule has 6 heteroatoms. The zero-order valence-corrected chi connectivity index (χ0v) is 11.9. The Bertz CT molecular complexity index is 633. The summed E-state index contributed by atoms with van der Waals surface area (Å²) < 4.78 is 1.38. The Labute approximate surface area is 122 Å². The predicted octanol–water partition coefficient (Wildman–Crippen LogP) is 1.76. The molecule has 0 radical (unpaired) electrons. The number of aromatic nitrogens is 3. The summed E-state index contributed by atoms with van der Waals surface area (Å²) >= 11 is 5.79. The number of carbonyl (C=O) groups is 1. The van der Waals surface area contributed by atoms with Crippen LogP contribution in [0.15, 0.2) is 24.3 Å². The third kappa shape index (κ3) is 2.54. The van der Waals surface area contributed by atoms with E-state index in [1.807, 2.05) is 6.07 Å². The average Bonchev–Trinajstić information content (AvgIpc) is 2.79. The largest absolute Gasteiger partial charge is 0.346 e. The lowest BCUT2D eigenvalue weighted by atomic mass is 9.88. The molecule has 0 fully saturated rings. The van der Waals surface area contributed by atoms with Crippen molar-refractivity contribution in [2.75, 3.05) is 0 Å². The van der Waals surface area contributed by atoms with Crippen molar-refractivity contribution in [1.29, 1.82) is 0 Å². The smallest absolute Gasteiger partial charge is 0.291 e. The van der Waals surface area contributed by atoms with Gasteiger partial charge in [-0.25, -0.2) is 4.68 Å². The van der Waals surface area contributed by atoms with Gasteiger partial charge in [0.2, 0.25) is 11.1 Å². The number of amides is 1. The van der Waals surface area contributed by atoms with Gasteiger partial charge in [0.15, 0.2) is 0 Å². The fourth-order valence-electron chi connectivity index (χ4n) is 2.53. The molecular formula is C14H15ClN4O. The predicted molar refractivity (Wildman–Crippen MR) is 75.7 cm³/mol. The summed E-state index contributed by atoms with van der Waals surface area (Å²) in [5, 5.41) is 7.17. The van der Waals surface area contributed by atoms with Crippen LogP contribution in [0.25, 0.3) is 0 Å². The lowest BCUT2D eigenvalue weighted by Gasteiger charge is -2.24. The maximum absolute atomic E-state index is 12.1. The number of nitrogens with zero attached hydrogens (tertiary/aromatic N) is 3. The van der Waals surface area contributed by atoms with Crippen LogP contribution in [0, 0.1) is 0 Å². The fourth-order valence-corrected chi connectivity index (χ4v) is 2.65. The van der Waals surface area contributed by atoms with E-state index in [4.69, 9.17) is 11.6 Å². The molecule has 1 heterocycles. The van der Waals surface area contributed by atoms with E-state index in [9.17, 15) is 4.79 Å². The third-order valence-electron chi connectivity index (χ3n) is 3.60. The van der Waals surface area contributed by atoms with Crippen molar-refractivity contribution in [3.05, 3.63) is 46.5 Å². The summed E-state index contributed by atoms with van der Waals surface area (Å²) in [4.78, 5) is 16.0. The van der Waals surface area contributed by atoms with Crippen molar-refractivity contribution >= 4 is 17.5 Å². The summed E-state index contributed by atoms with van der Waals surface area (Å²) in [6, 6.07) is 8.47. The van der Waals surface area contributed by atoms with Crippen LogP contribution in [0.5, 0.6) is 0 Å². The monoisotopic (exact) mass is 290 g/mol. The number of hydrogen-bond donors (Lipinski definition) is 1. The van der Waals surface area contributed by atoms with Gasteiger partial charge in [0.25, 0.3) is 5.91 Å². The number of rotatable bonds is 2. The van der Waals surface area contributed by atoms with Gasteiger partial charge < -0.3 is 5.32 Å². The second-order valence-electron chi connectivity index (χ2n) is 5.01. The molecule has 1 aromatic heterocycles. The molecular weight excluding hydrogens is 276 g/mol. The molecule has 104 valence electrons. The number of fused-ring (bicyclic) bond motifs is 1. The number of nitrogens with one attached hydrogen (secondary N) is 1. The first-order chi connectivity index (χ1) is 9.63. The van der Waals surface area contributed by atoms with Crippen LogP contribution in [0.4, 0.5) is 0 Å². The highest BCUT2D eigenvalue weighted by Gasteiger charge is 2.22. The van der Waals surface area contributed by atoms with Gasteiger partial charge in [-0.15, -0.1) is 5.10 Å². The molecule has 1 aliphatic carbocycles. The van der Waals surface area contributed by atoms with E-state index in [-0.39, 0.29) is 23.1 Å². The van der Waals surface area contributed by atoms with Crippen molar-refractivity contribution in [2.45, 2.75) is 25.3 Å². The Balaban J connectivity index is 1.69. The van der Waals surface area contributed by atoms with Crippen molar-refractivity contribution in [2.24, 2.45) is 7.05 Å². The first-order valence-corrected chi connectivity index (χ1v) is 6.95. The van der Waals surface area contributed by atoms with Gasteiger partial charge in [0.1, 0.15) is 0 Å². The third-order valence-corrected chi connectivity index (χ3v) is 3.92. The van der Waals surface area contributed by atoms with Gasteiger partial charge in [-0.1, -0.05) is 24.3 Å². The zero-order chi connectivity index (χ0) is 14.1. The SMILES string of the molecule is Cn1nc(C(=O)NC2CCc3ccccc3C2)nc1Cl. The van der Waals surface area contributed by atoms with Gasteiger partial charge in [0.05, 0.1) is 0 Å². The van der Waals surface area contributed by atoms with Gasteiger partial charge in [-0.2, -0.15) is 4.98 Å². The van der Waals surface area contributed by atoms with Crippen LogP contribution in [-0.2, 0) is 19.9 Å². The Morgan fingerprint density at radius 3 is 2.85 bits per heavy atom. The van der Waals surface area contributed by atoms with E-state index in [0.717, 1.165) is 19.3 Å². The van der Waals surface area contributed by atoms with E-state index in [1.54, 1.807) is 7.05 Å². The Morgan fingerprint density at radius 2 is 2.15 bits per heavy atom. The standard InChI is InChI=1S/C14H15ClN4O/c1-19-14(15)17-12(18-19)13(20)16-11-7-6-9-4-2-3-5-10(9)8-11/h2-5,11H,6-8H2,1H3,(H,16,20). The van der Waals surface area contributed by atoms with Crippen molar-refractivity contribution in [1.82, 2.24) is 20.1 Å². The molecule has 1 atom stereocenters. The first-order valence-electron chi connectivity index (χ1n) is 6.57. The zero-order valence-electron chi connectivity index (χ0n) is 11.1. The number of hydrogen-bond acceptors (Lipinski definition) is 3. The molecule has 0 bridgehead atoms. The maximum Gasteiger partial charge on any atom is 0.291 e. The molecule has 0 saturated carbocycles. The molecule has 1 aromatic carbocycles. The lowest BCUT2D eigenvalue weighted by Crippen LogP contribution is -2.39. The fraction of sp³-hybridized carbons (Fsp3) is 0.357. The number of aryl methyl sites for hydroxylation is 2. The van der Waals surface area contributed by atoms with E-state index in [0.29, 0.717) is 0 Å². The number of halogens is 1. The van der Waals surface area contributed by atoms with E-state index >= 15 is 0 Å². The Hall–Kier alpha value is -1.88. The lowest BCUT2D eigenvalue weighted by molar-refractivity contribution is 0.0923. The molecule has 1 unspecified atom stereocenters. The van der Waals surface area contributed by atoms with Crippen molar-refractivity contribution in [3.8, 4) is 0 Å². The first kappa shape index (κ1) is 13.1. The van der Waals surface area contributed by atoms with Crippen molar-refractivity contribution < 1.29 is 4.79 Å². The Morgan fingerprint density at radius 1 is 1.40 bits per heavy atom. The van der Waals surface area contributed by atoms with Crippen LogP contribution in [0.3, 0.4) is 0 Å². The maximum atomic E-state index is 12.1. The van der Waals surface area contributed by atoms with E-state index < -0.39 is 0 Å². The summed E-state index contributed by atoms with van der Waals surface area (Å²) in [6.07, 6.45) is 2.77. The number of carbonyl (C=O) groups excluding carboxylic acids is 1. The quantitative estimate of drug-likeness (QED) is 0.917. The van der Waals surface area contributed by atoms with Crippen LogP contribution < -0.4 is 5.32 Å². The highest BCUT2D eigenvalue weighted by Crippen LogP contribution is 2.21. The second-order valence-corrected chi connectivity index (χ2v) is 5.35. The van der Waals surface area contributed by atoms with Crippen LogP contribution >= 0.6 is 11.6 Å². The van der Waals surface area contributed by atoms with Crippen molar-refractivity contribution in [3.63, 3.8) is 0 Å². The van der Waals surface area contributed by atoms with Gasteiger partial charge in [-0.3, -0.25) is 4.79 Å². The minimum Gasteiger partial charge on any atom is -0.346 e. The molecule has 0 spiro atoms. The van der Waals surface area contributed by atoms with Gasteiger partial charge in [0, 0.05) is 13.1 Å². The number of benzene rings is 1. The average molecular weight is 291 g/mol. The molecule has 2 aromatic rings. The molecule has 3 rings (SSSR count). The Kier molecular flexibility index (Phi) is 3.44. The van der Waals surface area contributed by atoms with Gasteiger partial charge >= 0.3 is 0 Å². The summed E-state index contributed by atoms with van der Waals surface area (Å²) in [6.45, 7) is 0. The van der Waals surface area contributed by atoms with Crippen LogP contribution in [-0.4, -0.2) is 26.7 Å². The van der Waals surface area contributed by atoms with Gasteiger partial charge in [-0.05, 0) is 42.0 Å². The summed E-state index contributed by atoms with van der Waals surface area (Å²) in [5.74, 6) is -0.145. The minimum absolute atomic E-state index is 0.122. The topological polar surface area (TPSA) is 59.8 Å². The normalized spacial score (nSPS) is 17.6. The molecule has 1 aliphatic rings. The highest BCUT2D eigenvalue weighted by molar-refractivity contribution is 6.28. The summed E-state index contributed by atoms with van der Waals surface area (Å²) in [5.41, 5.74) is 2.67. The van der Waals surface area contributed by atoms with Crippen LogP contribution in [0.2, 0.25) is 5.28 Å². The van der Waals surface area contributed by atoms with Crippen LogP contribution in [0.1, 0.15) is 28.2 Å². The summed E-state index contributed by atoms with van der Waals surface area (Å²) in [7, 11) is 1.66. The molecule has 0 aliphatic heterocycles. The molecule has 0 saturated heterocycles. The second kappa shape index (κ2) is 5.25. The highest BCUT2D eigenvalue weighted by atomic mass is 35.5. The van der Waals surface area contributed by atoms with E-state index in [2.05, 4.69) is 33.6 Å².